The number of nitrogens with zero attached hydrogens (tertiary/aromatic N) is 5. The van der Waals surface area contributed by atoms with Crippen LogP contribution in [0, 0.1) is 17.7 Å². The fourth-order valence-corrected chi connectivity index (χ4v) is 4.43. The van der Waals surface area contributed by atoms with E-state index < -0.39 is 5.91 Å². The number of hydrogen-bond acceptors (Lipinski definition) is 6. The lowest BCUT2D eigenvalue weighted by Gasteiger charge is -2.11. The quantitative estimate of drug-likeness (QED) is 0.258. The number of hydrogen-bond donors (Lipinski definition) is 3. The van der Waals surface area contributed by atoms with Crippen LogP contribution in [0.4, 0.5) is 16.0 Å². The molecule has 214 valence electrons. The SMILES string of the molecule is CC.CCc1nc2cccc(C#Cc3cnn(C)c3)c2cc1-c1cccc(F)c1.NC(=O)c1c(N)nn2c1NCC=C2. The molecule has 0 radical (unpaired) electrons. The van der Waals surface area contributed by atoms with Crippen LogP contribution >= 0.6 is 0 Å². The molecule has 1 aliphatic heterocycles. The molecular formula is C32H33FN8O. The van der Waals surface area contributed by atoms with Gasteiger partial charge in [-0.1, -0.05) is 50.8 Å². The van der Waals surface area contributed by atoms with Crippen LogP contribution in [0.5, 0.6) is 0 Å². The van der Waals surface area contributed by atoms with Crippen molar-refractivity contribution < 1.29 is 9.18 Å². The van der Waals surface area contributed by atoms with E-state index in [0.717, 1.165) is 45.3 Å². The number of primary amides is 1. The molecule has 0 saturated carbocycles. The van der Waals surface area contributed by atoms with Gasteiger partial charge in [0.2, 0.25) is 0 Å². The Bertz CT molecular complexity index is 1820. The monoisotopic (exact) mass is 564 g/mol. The lowest BCUT2D eigenvalue weighted by atomic mass is 9.98. The summed E-state index contributed by atoms with van der Waals surface area (Å²) in [4.78, 5) is 15.8. The second-order valence-electron chi connectivity index (χ2n) is 9.05. The van der Waals surface area contributed by atoms with Gasteiger partial charge < -0.3 is 16.8 Å². The van der Waals surface area contributed by atoms with Crippen LogP contribution < -0.4 is 16.8 Å². The van der Waals surface area contributed by atoms with E-state index in [2.05, 4.69) is 40.3 Å². The highest BCUT2D eigenvalue weighted by Gasteiger charge is 2.20. The highest BCUT2D eigenvalue weighted by Crippen LogP contribution is 2.29. The highest BCUT2D eigenvalue weighted by atomic mass is 19.1. The molecule has 4 heterocycles. The first-order valence-corrected chi connectivity index (χ1v) is 13.6. The molecule has 42 heavy (non-hydrogen) atoms. The van der Waals surface area contributed by atoms with Gasteiger partial charge in [-0.3, -0.25) is 14.5 Å². The molecule has 0 spiro atoms. The molecule has 9 nitrogen and oxygen atoms in total. The van der Waals surface area contributed by atoms with E-state index in [0.29, 0.717) is 12.4 Å². The van der Waals surface area contributed by atoms with Crippen molar-refractivity contribution in [1.29, 1.82) is 0 Å². The molecule has 1 aliphatic rings. The lowest BCUT2D eigenvalue weighted by molar-refractivity contribution is 0.100. The van der Waals surface area contributed by atoms with Crippen LogP contribution in [0.25, 0.3) is 28.2 Å². The van der Waals surface area contributed by atoms with Crippen molar-refractivity contribution in [3.63, 3.8) is 0 Å². The summed E-state index contributed by atoms with van der Waals surface area (Å²) in [5.74, 6) is 6.28. The van der Waals surface area contributed by atoms with Gasteiger partial charge in [0, 0.05) is 48.2 Å². The Balaban J connectivity index is 0.000000226. The number of nitrogens with two attached hydrogens (primary N) is 2. The Morgan fingerprint density at radius 3 is 2.62 bits per heavy atom. The second-order valence-corrected chi connectivity index (χ2v) is 9.05. The van der Waals surface area contributed by atoms with Gasteiger partial charge in [0.1, 0.15) is 17.2 Å². The molecule has 0 unspecified atom stereocenters. The zero-order chi connectivity index (χ0) is 30.2. The normalized spacial score (nSPS) is 11.2. The van der Waals surface area contributed by atoms with E-state index in [1.54, 1.807) is 29.2 Å². The Morgan fingerprint density at radius 2 is 1.93 bits per heavy atom. The first kappa shape index (κ1) is 29.6. The molecule has 0 fully saturated rings. The number of amides is 1. The van der Waals surface area contributed by atoms with E-state index in [4.69, 9.17) is 16.5 Å². The molecule has 5 N–H and O–H groups in total. The van der Waals surface area contributed by atoms with Crippen molar-refractivity contribution in [3.05, 3.63) is 95.2 Å². The Hall–Kier alpha value is -5.43. The summed E-state index contributed by atoms with van der Waals surface area (Å²) in [7, 11) is 1.87. The summed E-state index contributed by atoms with van der Waals surface area (Å²) in [5, 5.41) is 12.0. The van der Waals surface area contributed by atoms with Gasteiger partial charge in [-0.25, -0.2) is 9.07 Å². The van der Waals surface area contributed by atoms with Crippen LogP contribution in [0.15, 0.2) is 67.0 Å². The summed E-state index contributed by atoms with van der Waals surface area (Å²) in [6.45, 7) is 6.70. The maximum atomic E-state index is 13.7. The number of rotatable bonds is 3. The molecule has 6 rings (SSSR count). The number of carbonyl (C=O) groups excluding carboxylic acids is 1. The van der Waals surface area contributed by atoms with E-state index >= 15 is 0 Å². The average Bonchev–Trinajstić information content (AvgIpc) is 3.58. The van der Waals surface area contributed by atoms with Gasteiger partial charge in [0.15, 0.2) is 5.82 Å². The number of pyridine rings is 1. The van der Waals surface area contributed by atoms with Gasteiger partial charge >= 0.3 is 0 Å². The Morgan fingerprint density at radius 1 is 1.14 bits per heavy atom. The topological polar surface area (TPSA) is 130 Å². The third kappa shape index (κ3) is 6.47. The number of aryl methyl sites for hydroxylation is 2. The van der Waals surface area contributed by atoms with Crippen LogP contribution in [0.3, 0.4) is 0 Å². The number of nitrogen functional groups attached to an aromatic ring is 1. The minimum absolute atomic E-state index is 0.154. The predicted molar refractivity (Wildman–Crippen MR) is 166 cm³/mol. The maximum absolute atomic E-state index is 13.7. The summed E-state index contributed by atoms with van der Waals surface area (Å²) in [6.07, 6.45) is 7.99. The number of fused-ring (bicyclic) bond motifs is 2. The predicted octanol–water partition coefficient (Wildman–Crippen LogP) is 5.22. The van der Waals surface area contributed by atoms with Crippen LogP contribution in [-0.4, -0.2) is 37.0 Å². The third-order valence-corrected chi connectivity index (χ3v) is 6.27. The van der Waals surface area contributed by atoms with Crippen molar-refractivity contribution in [2.45, 2.75) is 27.2 Å². The zero-order valence-electron chi connectivity index (χ0n) is 24.0. The molecule has 1 amide bonds. The highest BCUT2D eigenvalue weighted by molar-refractivity contribution is 6.02. The van der Waals surface area contributed by atoms with Crippen molar-refractivity contribution in [3.8, 4) is 23.0 Å². The number of anilines is 2. The number of carbonyl (C=O) groups is 1. The fourth-order valence-electron chi connectivity index (χ4n) is 4.43. The molecule has 5 aromatic rings. The van der Waals surface area contributed by atoms with Crippen LogP contribution in [0.2, 0.25) is 0 Å². The van der Waals surface area contributed by atoms with E-state index in [-0.39, 0.29) is 17.2 Å². The zero-order valence-corrected chi connectivity index (χ0v) is 24.0. The fraction of sp³-hybridized carbons (Fsp3) is 0.188. The largest absolute Gasteiger partial charge is 0.381 e. The Labute approximate surface area is 244 Å². The number of halogens is 1. The first-order valence-electron chi connectivity index (χ1n) is 13.6. The molecule has 0 saturated heterocycles. The smallest absolute Gasteiger partial charge is 0.256 e. The van der Waals surface area contributed by atoms with Gasteiger partial charge in [-0.05, 0) is 48.4 Å². The molecule has 3 aromatic heterocycles. The average molecular weight is 565 g/mol. The van der Waals surface area contributed by atoms with Gasteiger partial charge in [0.05, 0.1) is 17.3 Å². The summed E-state index contributed by atoms with van der Waals surface area (Å²) in [5.41, 5.74) is 16.3. The molecule has 0 bridgehead atoms. The standard InChI is InChI=1S/C23H18FN3.C7H9N5O.C2H6/c1-3-22-21(18-7-4-8-19(24)12-18)13-20-17(6-5-9-23(20)26-22)11-10-16-14-25-27(2)15-16;8-5-4(6(9)13)7-10-2-1-3-12(7)11-5;1-2/h4-9,12-15H,3H2,1-2H3;1,3,10H,2H2,(H2,8,11)(H2,9,13);1-2H3. The molecule has 10 heteroatoms. The first-order chi connectivity index (χ1) is 20.3. The van der Waals surface area contributed by atoms with E-state index in [9.17, 15) is 9.18 Å². The van der Waals surface area contributed by atoms with Gasteiger partial charge in [-0.2, -0.15) is 5.10 Å². The number of nitrogens with one attached hydrogen (secondary N) is 1. The summed E-state index contributed by atoms with van der Waals surface area (Å²) >= 11 is 0. The molecule has 0 atom stereocenters. The third-order valence-electron chi connectivity index (χ3n) is 6.27. The van der Waals surface area contributed by atoms with Crippen LogP contribution in [0.1, 0.15) is 48.0 Å². The maximum Gasteiger partial charge on any atom is 0.256 e. The summed E-state index contributed by atoms with van der Waals surface area (Å²) < 4.78 is 17.0. The van der Waals surface area contributed by atoms with Gasteiger partial charge in [0.25, 0.3) is 5.91 Å². The minimum atomic E-state index is -0.568. The van der Waals surface area contributed by atoms with Crippen molar-refractivity contribution in [2.24, 2.45) is 12.8 Å². The lowest BCUT2D eigenvalue weighted by Crippen LogP contribution is -2.17. The minimum Gasteiger partial charge on any atom is -0.381 e. The van der Waals surface area contributed by atoms with Crippen molar-refractivity contribution >= 4 is 34.6 Å². The summed E-state index contributed by atoms with van der Waals surface area (Å²) in [6, 6.07) is 14.6. The van der Waals surface area contributed by atoms with E-state index in [1.165, 1.54) is 10.7 Å². The van der Waals surface area contributed by atoms with Gasteiger partial charge in [-0.15, -0.1) is 5.10 Å². The van der Waals surface area contributed by atoms with Crippen molar-refractivity contribution in [2.75, 3.05) is 17.6 Å². The molecular weight excluding hydrogens is 531 g/mol. The number of benzene rings is 2. The molecule has 0 aliphatic carbocycles. The second kappa shape index (κ2) is 13.3. The Kier molecular flexibility index (Phi) is 9.35. The van der Waals surface area contributed by atoms with E-state index in [1.807, 2.05) is 57.4 Å². The number of aromatic nitrogens is 5. The van der Waals surface area contributed by atoms with Crippen LogP contribution in [-0.2, 0) is 13.5 Å². The van der Waals surface area contributed by atoms with Crippen molar-refractivity contribution in [1.82, 2.24) is 24.5 Å². The molecule has 2 aromatic carbocycles.